The third-order valence-electron chi connectivity index (χ3n) is 11.2. The van der Waals surface area contributed by atoms with Crippen molar-refractivity contribution in [2.45, 2.75) is 256 Å². The van der Waals surface area contributed by atoms with Crippen LogP contribution in [0.4, 0.5) is 0 Å². The van der Waals surface area contributed by atoms with Gasteiger partial charge >= 0.3 is 19.8 Å². The molecule has 6 unspecified atom stereocenters. The van der Waals surface area contributed by atoms with Gasteiger partial charge in [0.15, 0.2) is 6.10 Å². The summed E-state index contributed by atoms with van der Waals surface area (Å²) < 4.78 is 33.4. The number of phosphoric ester groups is 1. The fraction of sp³-hybridized carbons (Fsp3) is 0.955. The summed E-state index contributed by atoms with van der Waals surface area (Å²) in [5, 5.41) is 50.0. The molecule has 0 amide bonds. The topological polar surface area (TPSA) is 210 Å². The van der Waals surface area contributed by atoms with E-state index in [9.17, 15) is 44.6 Å². The van der Waals surface area contributed by atoms with Crippen LogP contribution in [0.5, 0.6) is 0 Å². The summed E-state index contributed by atoms with van der Waals surface area (Å²) in [6.07, 6.45) is 21.8. The first-order chi connectivity index (χ1) is 27.9. The normalized spacial score (nSPS) is 22.4. The highest BCUT2D eigenvalue weighted by molar-refractivity contribution is 7.47. The minimum Gasteiger partial charge on any atom is -0.462 e. The highest BCUT2D eigenvalue weighted by atomic mass is 31.2. The van der Waals surface area contributed by atoms with Crippen molar-refractivity contribution < 1.29 is 63.1 Å². The smallest absolute Gasteiger partial charge is 0.462 e. The lowest BCUT2D eigenvalue weighted by molar-refractivity contribution is -0.220. The van der Waals surface area contributed by atoms with E-state index < -0.39 is 75.7 Å². The molecule has 14 heteroatoms. The molecule has 0 bridgehead atoms. The highest BCUT2D eigenvalue weighted by Crippen LogP contribution is 2.47. The van der Waals surface area contributed by atoms with E-state index in [1.54, 1.807) is 0 Å². The molecule has 1 aliphatic carbocycles. The van der Waals surface area contributed by atoms with Gasteiger partial charge in [-0.05, 0) is 12.8 Å². The Hall–Kier alpha value is -1.15. The maximum atomic E-state index is 12.8. The number of phosphoric acid groups is 1. The number of esters is 2. The lowest BCUT2D eigenvalue weighted by Gasteiger charge is -2.41. The van der Waals surface area contributed by atoms with Gasteiger partial charge in [0.05, 0.1) is 6.61 Å². The first-order valence-electron chi connectivity index (χ1n) is 23.3. The number of unbranched alkanes of at least 4 members (excludes halogenated alkanes) is 27. The van der Waals surface area contributed by atoms with Crippen molar-refractivity contribution in [2.24, 2.45) is 0 Å². The zero-order valence-electron chi connectivity index (χ0n) is 36.4. The van der Waals surface area contributed by atoms with Crippen LogP contribution in [0, 0.1) is 0 Å². The third-order valence-corrected chi connectivity index (χ3v) is 12.2. The van der Waals surface area contributed by atoms with Gasteiger partial charge in [-0.2, -0.15) is 0 Å². The second kappa shape index (κ2) is 35.4. The Balaban J connectivity index is 2.35. The second-order valence-electron chi connectivity index (χ2n) is 16.6. The largest absolute Gasteiger partial charge is 0.472 e. The first kappa shape index (κ1) is 54.9. The molecule has 0 saturated heterocycles. The molecule has 1 fully saturated rings. The predicted octanol–water partition coefficient (Wildman–Crippen LogP) is 8.89. The Morgan fingerprint density at radius 2 is 0.776 bits per heavy atom. The average molecular weight is 853 g/mol. The van der Waals surface area contributed by atoms with E-state index in [1.807, 2.05) is 0 Å². The van der Waals surface area contributed by atoms with Gasteiger partial charge < -0.3 is 39.9 Å². The summed E-state index contributed by atoms with van der Waals surface area (Å²) in [5.74, 6) is -1.09. The highest BCUT2D eigenvalue weighted by Gasteiger charge is 2.51. The Kier molecular flexibility index (Phi) is 33.5. The maximum Gasteiger partial charge on any atom is 0.472 e. The zero-order chi connectivity index (χ0) is 42.9. The molecule has 1 saturated carbocycles. The Morgan fingerprint density at radius 3 is 1.14 bits per heavy atom. The van der Waals surface area contributed by atoms with E-state index in [4.69, 9.17) is 18.5 Å². The lowest BCUT2D eigenvalue weighted by atomic mass is 9.85. The maximum absolute atomic E-state index is 12.8. The van der Waals surface area contributed by atoms with Crippen molar-refractivity contribution in [3.63, 3.8) is 0 Å². The van der Waals surface area contributed by atoms with E-state index in [2.05, 4.69) is 13.8 Å². The van der Waals surface area contributed by atoms with Crippen LogP contribution in [-0.2, 0) is 32.7 Å². The van der Waals surface area contributed by atoms with Crippen LogP contribution in [0.1, 0.15) is 213 Å². The average Bonchev–Trinajstić information content (AvgIpc) is 3.20. The number of ether oxygens (including phenoxy) is 2. The molecule has 0 aromatic rings. The van der Waals surface area contributed by atoms with Crippen LogP contribution >= 0.6 is 7.82 Å². The summed E-state index contributed by atoms with van der Waals surface area (Å²) in [7, 11) is -5.10. The number of hydrogen-bond acceptors (Lipinski definition) is 12. The molecule has 0 spiro atoms. The molecular weight excluding hydrogens is 767 g/mol. The molecule has 0 aromatic heterocycles. The van der Waals surface area contributed by atoms with Crippen molar-refractivity contribution in [1.29, 1.82) is 0 Å². The van der Waals surface area contributed by atoms with E-state index >= 15 is 0 Å². The number of carbonyl (C=O) groups is 2. The number of hydrogen-bond donors (Lipinski definition) is 6. The summed E-state index contributed by atoms with van der Waals surface area (Å²) in [6.45, 7) is 3.29. The molecule has 1 rings (SSSR count). The molecule has 6 N–H and O–H groups in total. The Morgan fingerprint density at radius 1 is 0.466 bits per heavy atom. The SMILES string of the molecule is CCCCCCCCCCCCCCCCCCCCCCC(=O)OC[C@@H](COP(=O)(O)OC1C(O)C(O)C(O)[C@H](O)C1O)OC(=O)CCCCCCCCCCC. The summed E-state index contributed by atoms with van der Waals surface area (Å²) >= 11 is 0. The summed E-state index contributed by atoms with van der Waals surface area (Å²) in [6, 6.07) is 0. The number of aliphatic hydroxyl groups is 5. The van der Waals surface area contributed by atoms with Gasteiger partial charge in [0.25, 0.3) is 0 Å². The van der Waals surface area contributed by atoms with Crippen molar-refractivity contribution in [3.8, 4) is 0 Å². The minimum atomic E-state index is -5.10. The van der Waals surface area contributed by atoms with E-state index in [0.29, 0.717) is 12.8 Å². The Labute approximate surface area is 351 Å². The van der Waals surface area contributed by atoms with Crippen molar-refractivity contribution in [1.82, 2.24) is 0 Å². The van der Waals surface area contributed by atoms with Crippen molar-refractivity contribution in [2.75, 3.05) is 13.2 Å². The standard InChI is InChI=1S/C44H85O13P/c1-3-5-7-9-11-13-14-15-16-17-18-19-20-21-22-23-25-26-28-30-32-37(45)54-34-36(56-38(46)33-31-29-27-24-12-10-8-6-4-2)35-55-58(52,53)57-44-42(50)40(48)39(47)41(49)43(44)51/h36,39-44,47-51H,3-35H2,1-2H3,(H,52,53)/t36-,39?,40-,41?,42?,43?,44?/m0/s1. The fourth-order valence-electron chi connectivity index (χ4n) is 7.41. The van der Waals surface area contributed by atoms with Gasteiger partial charge in [-0.15, -0.1) is 0 Å². The van der Waals surface area contributed by atoms with Crippen molar-refractivity contribution in [3.05, 3.63) is 0 Å². The molecule has 0 radical (unpaired) electrons. The van der Waals surface area contributed by atoms with Gasteiger partial charge in [0.2, 0.25) is 0 Å². The van der Waals surface area contributed by atoms with Crippen LogP contribution in [0.3, 0.4) is 0 Å². The van der Waals surface area contributed by atoms with Gasteiger partial charge in [0, 0.05) is 12.8 Å². The van der Waals surface area contributed by atoms with Crippen molar-refractivity contribution >= 4 is 19.8 Å². The fourth-order valence-corrected chi connectivity index (χ4v) is 8.38. The first-order valence-corrected chi connectivity index (χ1v) is 24.8. The second-order valence-corrected chi connectivity index (χ2v) is 18.0. The number of rotatable bonds is 39. The number of carbonyl (C=O) groups excluding carboxylic acids is 2. The van der Waals surface area contributed by atoms with Crippen LogP contribution in [0.15, 0.2) is 0 Å². The van der Waals surface area contributed by atoms with Crippen LogP contribution in [-0.4, -0.2) is 98.3 Å². The van der Waals surface area contributed by atoms with Gasteiger partial charge in [-0.3, -0.25) is 18.6 Å². The van der Waals surface area contributed by atoms with Crippen LogP contribution in [0.2, 0.25) is 0 Å². The number of aliphatic hydroxyl groups excluding tert-OH is 5. The molecular formula is C44H85O13P. The van der Waals surface area contributed by atoms with Gasteiger partial charge in [-0.1, -0.05) is 187 Å². The van der Waals surface area contributed by atoms with Gasteiger partial charge in [-0.25, -0.2) is 4.57 Å². The van der Waals surface area contributed by atoms with Crippen LogP contribution in [0.25, 0.3) is 0 Å². The molecule has 58 heavy (non-hydrogen) atoms. The zero-order valence-corrected chi connectivity index (χ0v) is 37.3. The molecule has 8 atom stereocenters. The quantitative estimate of drug-likeness (QED) is 0.0194. The molecule has 1 aliphatic rings. The van der Waals surface area contributed by atoms with E-state index in [1.165, 1.54) is 128 Å². The Bertz CT molecular complexity index is 1030. The van der Waals surface area contributed by atoms with E-state index in [-0.39, 0.29) is 12.8 Å². The predicted molar refractivity (Wildman–Crippen MR) is 226 cm³/mol. The molecule has 0 aliphatic heterocycles. The molecule has 0 heterocycles. The lowest BCUT2D eigenvalue weighted by Crippen LogP contribution is -2.64. The van der Waals surface area contributed by atoms with E-state index in [0.717, 1.165) is 44.9 Å². The molecule has 13 nitrogen and oxygen atoms in total. The summed E-state index contributed by atoms with van der Waals surface area (Å²) in [5.41, 5.74) is 0. The molecule has 0 aromatic carbocycles. The minimum absolute atomic E-state index is 0.103. The summed E-state index contributed by atoms with van der Waals surface area (Å²) in [4.78, 5) is 35.6. The monoisotopic (exact) mass is 853 g/mol. The van der Waals surface area contributed by atoms with Gasteiger partial charge in [0.1, 0.15) is 43.2 Å². The molecule has 344 valence electrons. The van der Waals surface area contributed by atoms with Crippen LogP contribution < -0.4 is 0 Å². The third kappa shape index (κ3) is 27.6.